The summed E-state index contributed by atoms with van der Waals surface area (Å²) in [7, 11) is 0. The van der Waals surface area contributed by atoms with E-state index < -0.39 is 11.3 Å². The van der Waals surface area contributed by atoms with Crippen LogP contribution in [-0.2, 0) is 9.59 Å². The summed E-state index contributed by atoms with van der Waals surface area (Å²) in [5, 5.41) is 0. The fraction of sp³-hybridized carbons (Fsp3) is 0.600. The highest BCUT2D eigenvalue weighted by Crippen LogP contribution is 2.07. The second-order valence-corrected chi connectivity index (χ2v) is 2.20. The maximum Gasteiger partial charge on any atom is 0.230 e. The first-order chi connectivity index (χ1) is 3.50. The molecule has 0 bridgehead atoms. The van der Waals surface area contributed by atoms with Gasteiger partial charge >= 0.3 is 0 Å². The number of carbonyl (C=O) groups is 2. The van der Waals surface area contributed by atoms with Gasteiger partial charge in [-0.15, -0.1) is 0 Å². The van der Waals surface area contributed by atoms with Crippen LogP contribution in [0.5, 0.6) is 0 Å². The van der Waals surface area contributed by atoms with Crippen molar-refractivity contribution in [2.24, 2.45) is 11.1 Å². The standard InChI is InChI=1S/C5H9NO2/c1-5(2,3-7)4(6)8/h3H,1-2H3,(H2,6,8). The molecule has 0 aliphatic heterocycles. The molecule has 0 saturated carbocycles. The van der Waals surface area contributed by atoms with Gasteiger partial charge in [0.1, 0.15) is 6.29 Å². The lowest BCUT2D eigenvalue weighted by Gasteiger charge is -2.08. The van der Waals surface area contributed by atoms with Gasteiger partial charge in [-0.1, -0.05) is 0 Å². The maximum absolute atomic E-state index is 10.2. The Hall–Kier alpha value is -0.860. The third kappa shape index (κ3) is 1.33. The topological polar surface area (TPSA) is 60.2 Å². The average Bonchev–Trinajstić information content (AvgIpc) is 1.67. The first-order valence-corrected chi connectivity index (χ1v) is 2.27. The number of hydrogen-bond donors (Lipinski definition) is 1. The second-order valence-electron chi connectivity index (χ2n) is 2.20. The molecule has 0 heterocycles. The normalized spacial score (nSPS) is 10.8. The minimum Gasteiger partial charge on any atom is -0.369 e. The molecule has 0 saturated heterocycles. The summed E-state index contributed by atoms with van der Waals surface area (Å²) in [6.45, 7) is 2.95. The molecule has 3 heteroatoms. The van der Waals surface area contributed by atoms with Crippen molar-refractivity contribution < 1.29 is 9.59 Å². The summed E-state index contributed by atoms with van der Waals surface area (Å²) in [5.41, 5.74) is 3.81. The summed E-state index contributed by atoms with van der Waals surface area (Å²) >= 11 is 0. The van der Waals surface area contributed by atoms with Gasteiger partial charge in [-0.25, -0.2) is 0 Å². The zero-order valence-electron chi connectivity index (χ0n) is 4.97. The molecule has 1 amide bonds. The van der Waals surface area contributed by atoms with Gasteiger partial charge < -0.3 is 10.5 Å². The first kappa shape index (κ1) is 7.14. The number of amides is 1. The van der Waals surface area contributed by atoms with E-state index in [4.69, 9.17) is 5.73 Å². The fourth-order valence-corrected chi connectivity index (χ4v) is 0.0581. The highest BCUT2D eigenvalue weighted by Gasteiger charge is 2.22. The lowest BCUT2D eigenvalue weighted by atomic mass is 9.96. The van der Waals surface area contributed by atoms with E-state index in [1.807, 2.05) is 0 Å². The first-order valence-electron chi connectivity index (χ1n) is 2.27. The van der Waals surface area contributed by atoms with Gasteiger partial charge in [0.2, 0.25) is 5.91 Å². The second kappa shape index (κ2) is 1.94. The largest absolute Gasteiger partial charge is 0.369 e. The van der Waals surface area contributed by atoms with Gasteiger partial charge in [0, 0.05) is 0 Å². The van der Waals surface area contributed by atoms with Crippen LogP contribution in [-0.4, -0.2) is 12.2 Å². The van der Waals surface area contributed by atoms with Crippen molar-refractivity contribution in [1.82, 2.24) is 0 Å². The van der Waals surface area contributed by atoms with Gasteiger partial charge in [-0.2, -0.15) is 0 Å². The predicted octanol–water partition coefficient (Wildman–Crippen LogP) is -0.303. The molecule has 0 fully saturated rings. The van der Waals surface area contributed by atoms with Crippen LogP contribution in [0.4, 0.5) is 0 Å². The minimum atomic E-state index is -1.00. The SMILES string of the molecule is CC(C)(C=O)C(N)=O. The van der Waals surface area contributed by atoms with E-state index >= 15 is 0 Å². The lowest BCUT2D eigenvalue weighted by Crippen LogP contribution is -2.32. The van der Waals surface area contributed by atoms with Crippen molar-refractivity contribution in [3.8, 4) is 0 Å². The lowest BCUT2D eigenvalue weighted by molar-refractivity contribution is -0.131. The number of rotatable bonds is 2. The van der Waals surface area contributed by atoms with Crippen molar-refractivity contribution in [3.05, 3.63) is 0 Å². The van der Waals surface area contributed by atoms with Crippen LogP contribution >= 0.6 is 0 Å². The monoisotopic (exact) mass is 115 g/mol. The number of hydrogen-bond acceptors (Lipinski definition) is 2. The fourth-order valence-electron chi connectivity index (χ4n) is 0.0581. The molecule has 0 aliphatic carbocycles. The van der Waals surface area contributed by atoms with Crippen molar-refractivity contribution in [2.45, 2.75) is 13.8 Å². The van der Waals surface area contributed by atoms with Gasteiger partial charge in [-0.3, -0.25) is 4.79 Å². The maximum atomic E-state index is 10.2. The number of primary amides is 1. The molecular formula is C5H9NO2. The van der Waals surface area contributed by atoms with Crippen LogP contribution in [0, 0.1) is 5.41 Å². The Kier molecular flexibility index (Phi) is 1.73. The van der Waals surface area contributed by atoms with Crippen LogP contribution in [0.25, 0.3) is 0 Å². The molecule has 0 radical (unpaired) electrons. The van der Waals surface area contributed by atoms with Gasteiger partial charge in [0.25, 0.3) is 0 Å². The minimum absolute atomic E-state index is 0.537. The number of carbonyl (C=O) groups excluding carboxylic acids is 2. The Morgan fingerprint density at radius 3 is 2.00 bits per heavy atom. The molecule has 0 aromatic rings. The Labute approximate surface area is 47.9 Å². The number of nitrogens with two attached hydrogens (primary N) is 1. The zero-order chi connectivity index (χ0) is 6.78. The predicted molar refractivity (Wildman–Crippen MR) is 29.0 cm³/mol. The molecule has 0 rings (SSSR count). The van der Waals surface area contributed by atoms with Crippen LogP contribution in [0.1, 0.15) is 13.8 Å². The Balaban J connectivity index is 4.12. The Morgan fingerprint density at radius 2 is 2.00 bits per heavy atom. The summed E-state index contributed by atoms with van der Waals surface area (Å²) in [5.74, 6) is -0.590. The summed E-state index contributed by atoms with van der Waals surface area (Å²) in [6, 6.07) is 0. The molecule has 46 valence electrons. The third-order valence-electron chi connectivity index (χ3n) is 0.930. The average molecular weight is 115 g/mol. The Bertz CT molecular complexity index is 118. The van der Waals surface area contributed by atoms with E-state index in [-0.39, 0.29) is 0 Å². The van der Waals surface area contributed by atoms with Gasteiger partial charge in [0.05, 0.1) is 5.41 Å². The van der Waals surface area contributed by atoms with Gasteiger partial charge in [-0.05, 0) is 13.8 Å². The van der Waals surface area contributed by atoms with Crippen LogP contribution in [0.3, 0.4) is 0 Å². The van der Waals surface area contributed by atoms with Crippen LogP contribution in [0.2, 0.25) is 0 Å². The van der Waals surface area contributed by atoms with Crippen LogP contribution < -0.4 is 5.73 Å². The molecule has 0 aromatic carbocycles. The van der Waals surface area contributed by atoms with Crippen LogP contribution in [0.15, 0.2) is 0 Å². The van der Waals surface area contributed by atoms with Crippen molar-refractivity contribution >= 4 is 12.2 Å². The molecule has 0 aliphatic rings. The summed E-state index contributed by atoms with van der Waals surface area (Å²) in [6.07, 6.45) is 0.537. The smallest absolute Gasteiger partial charge is 0.230 e. The highest BCUT2D eigenvalue weighted by atomic mass is 16.2. The molecule has 2 N–H and O–H groups in total. The molecule has 0 aromatic heterocycles. The summed E-state index contributed by atoms with van der Waals surface area (Å²) in [4.78, 5) is 20.2. The molecular weight excluding hydrogens is 106 g/mol. The van der Waals surface area contributed by atoms with E-state index in [0.29, 0.717) is 6.29 Å². The zero-order valence-corrected chi connectivity index (χ0v) is 4.97. The van der Waals surface area contributed by atoms with E-state index in [9.17, 15) is 9.59 Å². The van der Waals surface area contributed by atoms with E-state index in [1.165, 1.54) is 13.8 Å². The molecule has 0 unspecified atom stereocenters. The van der Waals surface area contributed by atoms with Crippen molar-refractivity contribution in [3.63, 3.8) is 0 Å². The van der Waals surface area contributed by atoms with Gasteiger partial charge in [0.15, 0.2) is 0 Å². The van der Waals surface area contributed by atoms with Crippen molar-refractivity contribution in [2.75, 3.05) is 0 Å². The number of aldehydes is 1. The van der Waals surface area contributed by atoms with E-state index in [2.05, 4.69) is 0 Å². The van der Waals surface area contributed by atoms with E-state index in [1.54, 1.807) is 0 Å². The molecule has 3 nitrogen and oxygen atoms in total. The quantitative estimate of drug-likeness (QED) is 0.396. The molecule has 0 atom stereocenters. The molecule has 0 spiro atoms. The highest BCUT2D eigenvalue weighted by molar-refractivity contribution is 5.94. The third-order valence-corrected chi connectivity index (χ3v) is 0.930. The Morgan fingerprint density at radius 1 is 1.62 bits per heavy atom. The molecule has 8 heavy (non-hydrogen) atoms. The van der Waals surface area contributed by atoms with Crippen molar-refractivity contribution in [1.29, 1.82) is 0 Å². The summed E-state index contributed by atoms with van der Waals surface area (Å²) < 4.78 is 0. The van der Waals surface area contributed by atoms with E-state index in [0.717, 1.165) is 0 Å².